The van der Waals surface area contributed by atoms with Crippen molar-refractivity contribution >= 4 is 11.9 Å². The van der Waals surface area contributed by atoms with E-state index in [1.54, 1.807) is 11.8 Å². The summed E-state index contributed by atoms with van der Waals surface area (Å²) >= 11 is 0. The summed E-state index contributed by atoms with van der Waals surface area (Å²) in [5, 5.41) is 9.34. The predicted octanol–water partition coefficient (Wildman–Crippen LogP) is 1.61. The molecule has 114 valence electrons. The van der Waals surface area contributed by atoms with Gasteiger partial charge in [0.15, 0.2) is 0 Å². The Balaban J connectivity index is 2.06. The molecule has 3 unspecified atom stereocenters. The minimum atomic E-state index is -0.805. The maximum absolute atomic E-state index is 12.7. The van der Waals surface area contributed by atoms with Crippen LogP contribution in [0.1, 0.15) is 51.9 Å². The summed E-state index contributed by atoms with van der Waals surface area (Å²) in [4.78, 5) is 25.8. The highest BCUT2D eigenvalue weighted by Crippen LogP contribution is 2.32. The fraction of sp³-hybridized carbons (Fsp3) is 0.867. The molecule has 1 aliphatic heterocycles. The summed E-state index contributed by atoms with van der Waals surface area (Å²) in [6, 6.07) is -0.0667. The summed E-state index contributed by atoms with van der Waals surface area (Å²) in [5.41, 5.74) is 5.35. The molecule has 20 heavy (non-hydrogen) atoms. The first-order chi connectivity index (χ1) is 9.44. The highest BCUT2D eigenvalue weighted by atomic mass is 16.4. The summed E-state index contributed by atoms with van der Waals surface area (Å²) < 4.78 is 0. The number of amides is 1. The van der Waals surface area contributed by atoms with Crippen molar-refractivity contribution in [2.24, 2.45) is 17.1 Å². The van der Waals surface area contributed by atoms with Crippen LogP contribution < -0.4 is 5.73 Å². The first-order valence-electron chi connectivity index (χ1n) is 7.72. The van der Waals surface area contributed by atoms with Gasteiger partial charge in [-0.25, -0.2) is 0 Å². The Labute approximate surface area is 120 Å². The molecular formula is C15H26N2O3. The van der Waals surface area contributed by atoms with Crippen molar-refractivity contribution in [3.63, 3.8) is 0 Å². The van der Waals surface area contributed by atoms with Crippen molar-refractivity contribution in [1.29, 1.82) is 0 Å². The molecule has 0 bridgehead atoms. The molecule has 0 radical (unpaired) electrons. The van der Waals surface area contributed by atoms with Gasteiger partial charge in [0.1, 0.15) is 0 Å². The topological polar surface area (TPSA) is 83.6 Å². The van der Waals surface area contributed by atoms with E-state index in [0.29, 0.717) is 19.5 Å². The summed E-state index contributed by atoms with van der Waals surface area (Å²) in [6.07, 6.45) is 6.44. The number of rotatable bonds is 2. The molecule has 5 nitrogen and oxygen atoms in total. The quantitative estimate of drug-likeness (QED) is 0.754. The van der Waals surface area contributed by atoms with E-state index < -0.39 is 11.4 Å². The minimum Gasteiger partial charge on any atom is -0.481 e. The van der Waals surface area contributed by atoms with Gasteiger partial charge in [-0.1, -0.05) is 19.3 Å². The molecule has 3 N–H and O–H groups in total. The van der Waals surface area contributed by atoms with Crippen LogP contribution >= 0.6 is 0 Å². The van der Waals surface area contributed by atoms with Crippen molar-refractivity contribution < 1.29 is 14.7 Å². The maximum atomic E-state index is 12.7. The van der Waals surface area contributed by atoms with Gasteiger partial charge in [-0.15, -0.1) is 0 Å². The molecular weight excluding hydrogens is 256 g/mol. The third kappa shape index (κ3) is 3.14. The molecule has 2 fully saturated rings. The Morgan fingerprint density at radius 1 is 1.20 bits per heavy atom. The zero-order chi connectivity index (χ0) is 14.8. The summed E-state index contributed by atoms with van der Waals surface area (Å²) in [7, 11) is 0. The Hall–Kier alpha value is -1.10. The minimum absolute atomic E-state index is 0.0667. The van der Waals surface area contributed by atoms with E-state index in [9.17, 15) is 14.7 Å². The standard InChI is InChI=1S/C15H26N2O3/c1-15(14(19)20)8-5-9-17(10-15)13(18)11-6-3-2-4-7-12(11)16/h11-12H,2-10,16H2,1H3,(H,19,20). The second-order valence-corrected chi connectivity index (χ2v) is 6.64. The number of hydrogen-bond donors (Lipinski definition) is 2. The van der Waals surface area contributed by atoms with E-state index in [1.807, 2.05) is 0 Å². The number of hydrogen-bond acceptors (Lipinski definition) is 3. The number of carboxylic acids is 1. The molecule has 1 heterocycles. The van der Waals surface area contributed by atoms with Crippen molar-refractivity contribution in [3.05, 3.63) is 0 Å². The van der Waals surface area contributed by atoms with Crippen LogP contribution in [0.5, 0.6) is 0 Å². The lowest BCUT2D eigenvalue weighted by Gasteiger charge is -2.39. The lowest BCUT2D eigenvalue weighted by atomic mass is 9.81. The van der Waals surface area contributed by atoms with E-state index in [1.165, 1.54) is 0 Å². The van der Waals surface area contributed by atoms with Crippen molar-refractivity contribution in [1.82, 2.24) is 4.90 Å². The molecule has 1 amide bonds. The van der Waals surface area contributed by atoms with Gasteiger partial charge in [0, 0.05) is 19.1 Å². The fourth-order valence-corrected chi connectivity index (χ4v) is 3.48. The van der Waals surface area contributed by atoms with Crippen LogP contribution in [0.2, 0.25) is 0 Å². The van der Waals surface area contributed by atoms with Crippen molar-refractivity contribution in [3.8, 4) is 0 Å². The monoisotopic (exact) mass is 282 g/mol. The molecule has 2 aliphatic rings. The lowest BCUT2D eigenvalue weighted by molar-refractivity contribution is -0.154. The van der Waals surface area contributed by atoms with E-state index >= 15 is 0 Å². The summed E-state index contributed by atoms with van der Waals surface area (Å²) in [5.74, 6) is -0.847. The molecule has 0 aromatic rings. The number of carbonyl (C=O) groups excluding carboxylic acids is 1. The number of likely N-dealkylation sites (tertiary alicyclic amines) is 1. The molecule has 5 heteroatoms. The normalized spacial score (nSPS) is 35.4. The van der Waals surface area contributed by atoms with Crippen molar-refractivity contribution in [2.45, 2.75) is 57.9 Å². The molecule has 0 spiro atoms. The smallest absolute Gasteiger partial charge is 0.311 e. The molecule has 3 atom stereocenters. The number of nitrogens with two attached hydrogens (primary N) is 1. The van der Waals surface area contributed by atoms with E-state index in [0.717, 1.165) is 38.5 Å². The van der Waals surface area contributed by atoms with Crippen LogP contribution in [0.15, 0.2) is 0 Å². The third-order valence-corrected chi connectivity index (χ3v) is 4.91. The van der Waals surface area contributed by atoms with Gasteiger partial charge in [-0.05, 0) is 32.6 Å². The van der Waals surface area contributed by atoms with Gasteiger partial charge in [0.05, 0.1) is 11.3 Å². The van der Waals surface area contributed by atoms with E-state index in [-0.39, 0.29) is 17.9 Å². The highest BCUT2D eigenvalue weighted by Gasteiger charge is 2.41. The van der Waals surface area contributed by atoms with Crippen LogP contribution in [0.4, 0.5) is 0 Å². The van der Waals surface area contributed by atoms with Gasteiger partial charge >= 0.3 is 5.97 Å². The molecule has 1 aliphatic carbocycles. The average molecular weight is 282 g/mol. The van der Waals surface area contributed by atoms with E-state index in [2.05, 4.69) is 0 Å². The lowest BCUT2D eigenvalue weighted by Crippen LogP contribution is -2.52. The number of piperidine rings is 1. The van der Waals surface area contributed by atoms with Crippen LogP contribution in [-0.4, -0.2) is 41.0 Å². The Morgan fingerprint density at radius 2 is 1.90 bits per heavy atom. The predicted molar refractivity (Wildman–Crippen MR) is 76.1 cm³/mol. The van der Waals surface area contributed by atoms with Crippen LogP contribution in [0.3, 0.4) is 0 Å². The Bertz CT molecular complexity index is 385. The molecule has 1 saturated carbocycles. The van der Waals surface area contributed by atoms with Crippen molar-refractivity contribution in [2.75, 3.05) is 13.1 Å². The highest BCUT2D eigenvalue weighted by molar-refractivity contribution is 5.81. The van der Waals surface area contributed by atoms with Gasteiger partial charge in [0.25, 0.3) is 0 Å². The van der Waals surface area contributed by atoms with Gasteiger partial charge in [0.2, 0.25) is 5.91 Å². The Kier molecular flexibility index (Phi) is 4.68. The number of aliphatic carboxylic acids is 1. The summed E-state index contributed by atoms with van der Waals surface area (Å²) in [6.45, 7) is 2.73. The zero-order valence-electron chi connectivity index (χ0n) is 12.3. The van der Waals surface area contributed by atoms with Crippen LogP contribution in [0, 0.1) is 11.3 Å². The third-order valence-electron chi connectivity index (χ3n) is 4.91. The van der Waals surface area contributed by atoms with Crippen LogP contribution in [0.25, 0.3) is 0 Å². The first-order valence-corrected chi connectivity index (χ1v) is 7.72. The van der Waals surface area contributed by atoms with Gasteiger partial charge < -0.3 is 15.7 Å². The zero-order valence-corrected chi connectivity index (χ0v) is 12.3. The molecule has 1 saturated heterocycles. The Morgan fingerprint density at radius 3 is 2.60 bits per heavy atom. The number of nitrogens with zero attached hydrogens (tertiary/aromatic N) is 1. The van der Waals surface area contributed by atoms with Gasteiger partial charge in [-0.3, -0.25) is 9.59 Å². The number of carboxylic acid groups (broad SMARTS) is 1. The molecule has 0 aromatic heterocycles. The molecule has 0 aromatic carbocycles. The number of carbonyl (C=O) groups is 2. The molecule has 2 rings (SSSR count). The van der Waals surface area contributed by atoms with E-state index in [4.69, 9.17) is 5.73 Å². The first kappa shape index (κ1) is 15.3. The van der Waals surface area contributed by atoms with Crippen LogP contribution in [-0.2, 0) is 9.59 Å². The SMILES string of the molecule is CC1(C(=O)O)CCCN(C(=O)C2CCCCCC2N)C1. The fourth-order valence-electron chi connectivity index (χ4n) is 3.48. The second-order valence-electron chi connectivity index (χ2n) is 6.64. The average Bonchev–Trinajstić information content (AvgIpc) is 2.62. The second kappa shape index (κ2) is 6.12. The maximum Gasteiger partial charge on any atom is 0.311 e. The largest absolute Gasteiger partial charge is 0.481 e. The van der Waals surface area contributed by atoms with Gasteiger partial charge in [-0.2, -0.15) is 0 Å².